The lowest BCUT2D eigenvalue weighted by molar-refractivity contribution is 0.0137. The van der Waals surface area contributed by atoms with E-state index in [1.807, 2.05) is 29.9 Å². The molecule has 12 nitrogen and oxygen atoms in total. The summed E-state index contributed by atoms with van der Waals surface area (Å²) in [5.41, 5.74) is 7.57. The van der Waals surface area contributed by atoms with Gasteiger partial charge in [0, 0.05) is 37.5 Å². The molecule has 1 saturated heterocycles. The van der Waals surface area contributed by atoms with Crippen LogP contribution in [0.25, 0.3) is 11.1 Å². The lowest BCUT2D eigenvalue weighted by Gasteiger charge is -2.21. The molecule has 0 unspecified atom stereocenters. The quantitative estimate of drug-likeness (QED) is 0.105. The number of hydrogen-bond donors (Lipinski definition) is 3. The summed E-state index contributed by atoms with van der Waals surface area (Å²) in [5, 5.41) is 11.5. The molecule has 0 bridgehead atoms. The van der Waals surface area contributed by atoms with Crippen molar-refractivity contribution >= 4 is 29.6 Å². The first-order chi connectivity index (χ1) is 22.9. The number of ether oxygens (including phenoxy) is 4. The molecule has 0 amide bonds. The lowest BCUT2D eigenvalue weighted by atomic mass is 9.96. The van der Waals surface area contributed by atoms with E-state index in [2.05, 4.69) is 30.7 Å². The summed E-state index contributed by atoms with van der Waals surface area (Å²) in [6, 6.07) is 5.76. The van der Waals surface area contributed by atoms with Crippen LogP contribution >= 0.6 is 11.6 Å². The number of aromatic nitrogens is 4. The first kappa shape index (κ1) is 36.2. The monoisotopic (exact) mass is 678 g/mol. The summed E-state index contributed by atoms with van der Waals surface area (Å²) in [5.74, 6) is 1.31. The second-order valence-electron chi connectivity index (χ2n) is 11.2. The van der Waals surface area contributed by atoms with Gasteiger partial charge in [0.15, 0.2) is 0 Å². The van der Waals surface area contributed by atoms with E-state index < -0.39 is 13.0 Å². The predicted octanol–water partition coefficient (Wildman–Crippen LogP) is 5.65. The Morgan fingerprint density at radius 3 is 2.57 bits per heavy atom. The van der Waals surface area contributed by atoms with Gasteiger partial charge in [0.1, 0.15) is 24.1 Å². The highest BCUT2D eigenvalue weighted by Gasteiger charge is 2.20. The number of rotatable bonds is 15. The summed E-state index contributed by atoms with van der Waals surface area (Å²) < 4.78 is 48.3. The highest BCUT2D eigenvalue weighted by Crippen LogP contribution is 2.34. The zero-order valence-electron chi connectivity index (χ0n) is 26.8. The van der Waals surface area contributed by atoms with Crippen molar-refractivity contribution in [2.45, 2.75) is 64.0 Å². The van der Waals surface area contributed by atoms with E-state index in [-0.39, 0.29) is 19.3 Å². The third-order valence-electron chi connectivity index (χ3n) is 7.37. The van der Waals surface area contributed by atoms with Crippen molar-refractivity contribution in [2.24, 2.45) is 10.7 Å². The minimum absolute atomic E-state index is 0.180. The number of alkyl halides is 2. The minimum Gasteiger partial charge on any atom is -0.487 e. The standard InChI is InChI=1S/C28H36ClF2N7O3.C4H9NO/c1-19(13-33-18-32)41-25-12-20(8-9-23(25)29)21-14-34-28(35-15-21)36-24-16-38(22-6-3-2-4-7-22)37-27(24)40-11-5-10-39-17-26(30)31;1-3-6-4-2-5-1/h8-9,12,14-16,18-19,22,26H,2-7,10-11,13,17H2,1H3,(H2,32,33)(H,34,35,36);5H,1-4H2/t19-;/m0./s1. The lowest BCUT2D eigenvalue weighted by Crippen LogP contribution is -2.30. The van der Waals surface area contributed by atoms with Crippen LogP contribution in [0.3, 0.4) is 0 Å². The van der Waals surface area contributed by atoms with E-state index >= 15 is 0 Å². The van der Waals surface area contributed by atoms with Gasteiger partial charge in [-0.25, -0.2) is 18.7 Å². The number of morpholine rings is 1. The fraction of sp³-hybridized carbons (Fsp3) is 0.562. The summed E-state index contributed by atoms with van der Waals surface area (Å²) in [6.07, 6.45) is 10.00. The first-order valence-electron chi connectivity index (χ1n) is 16.0. The summed E-state index contributed by atoms with van der Waals surface area (Å²) in [6.45, 7) is 6.01. The third kappa shape index (κ3) is 12.5. The van der Waals surface area contributed by atoms with Crippen molar-refractivity contribution < 1.29 is 27.7 Å². The van der Waals surface area contributed by atoms with Crippen molar-refractivity contribution in [1.82, 2.24) is 25.1 Å². The number of hydrogen-bond acceptors (Lipinski definition) is 10. The molecule has 1 aliphatic carbocycles. The van der Waals surface area contributed by atoms with Crippen LogP contribution in [0, 0.1) is 0 Å². The number of nitrogens with two attached hydrogens (primary N) is 1. The van der Waals surface area contributed by atoms with E-state index in [9.17, 15) is 8.78 Å². The van der Waals surface area contributed by atoms with Gasteiger partial charge in [-0.2, -0.15) is 0 Å². The molecule has 1 saturated carbocycles. The zero-order chi connectivity index (χ0) is 33.3. The Balaban J connectivity index is 0.000000748. The predicted molar refractivity (Wildman–Crippen MR) is 178 cm³/mol. The fourth-order valence-corrected chi connectivity index (χ4v) is 5.18. The maximum absolute atomic E-state index is 12.3. The Morgan fingerprint density at radius 1 is 1.15 bits per heavy atom. The van der Waals surface area contributed by atoms with Crippen LogP contribution in [0.15, 0.2) is 41.8 Å². The van der Waals surface area contributed by atoms with Gasteiger partial charge in [-0.15, -0.1) is 5.10 Å². The number of nitrogens with zero attached hydrogens (tertiary/aromatic N) is 5. The smallest absolute Gasteiger partial charge is 0.261 e. The molecular formula is C32H45ClF2N8O4. The molecule has 0 radical (unpaired) electrons. The zero-order valence-corrected chi connectivity index (χ0v) is 27.5. The van der Waals surface area contributed by atoms with Crippen LogP contribution in [-0.4, -0.2) is 91.3 Å². The van der Waals surface area contributed by atoms with E-state index in [1.54, 1.807) is 18.5 Å². The van der Waals surface area contributed by atoms with Gasteiger partial charge in [-0.1, -0.05) is 36.9 Å². The van der Waals surface area contributed by atoms with E-state index in [0.717, 1.165) is 63.1 Å². The Hall–Kier alpha value is -3.59. The number of anilines is 2. The van der Waals surface area contributed by atoms with Crippen LogP contribution in [0.5, 0.6) is 11.6 Å². The van der Waals surface area contributed by atoms with E-state index in [0.29, 0.717) is 47.3 Å². The highest BCUT2D eigenvalue weighted by molar-refractivity contribution is 6.32. The van der Waals surface area contributed by atoms with Gasteiger partial charge < -0.3 is 35.3 Å². The third-order valence-corrected chi connectivity index (χ3v) is 7.68. The molecule has 258 valence electrons. The molecule has 2 fully saturated rings. The van der Waals surface area contributed by atoms with Gasteiger partial charge in [0.05, 0.1) is 56.6 Å². The minimum atomic E-state index is -2.48. The van der Waals surface area contributed by atoms with Gasteiger partial charge in [-0.3, -0.25) is 9.67 Å². The van der Waals surface area contributed by atoms with Crippen molar-refractivity contribution in [1.29, 1.82) is 0 Å². The van der Waals surface area contributed by atoms with Gasteiger partial charge in [0.25, 0.3) is 12.3 Å². The van der Waals surface area contributed by atoms with Crippen LogP contribution in [0.2, 0.25) is 5.02 Å². The summed E-state index contributed by atoms with van der Waals surface area (Å²) in [7, 11) is 0. The second kappa shape index (κ2) is 19.9. The van der Waals surface area contributed by atoms with Crippen LogP contribution in [0.1, 0.15) is 51.5 Å². The number of nitrogens with one attached hydrogen (secondary N) is 2. The number of aliphatic imine (C=N–C) groups is 1. The maximum Gasteiger partial charge on any atom is 0.261 e. The second-order valence-corrected chi connectivity index (χ2v) is 11.6. The summed E-state index contributed by atoms with van der Waals surface area (Å²) >= 11 is 6.34. The fourth-order valence-electron chi connectivity index (χ4n) is 5.02. The Morgan fingerprint density at radius 2 is 1.91 bits per heavy atom. The van der Waals surface area contributed by atoms with E-state index in [4.69, 9.17) is 36.3 Å². The molecule has 4 N–H and O–H groups in total. The Labute approximate surface area is 279 Å². The Kier molecular flexibility index (Phi) is 15.4. The van der Waals surface area contributed by atoms with Crippen molar-refractivity contribution in [2.75, 3.05) is 58.0 Å². The number of benzene rings is 1. The molecule has 1 atom stereocenters. The molecular weight excluding hydrogens is 634 g/mol. The van der Waals surface area contributed by atoms with Gasteiger partial charge in [0.2, 0.25) is 5.95 Å². The van der Waals surface area contributed by atoms with Crippen molar-refractivity contribution in [3.63, 3.8) is 0 Å². The summed E-state index contributed by atoms with van der Waals surface area (Å²) in [4.78, 5) is 13.0. The average molecular weight is 679 g/mol. The molecule has 1 aliphatic heterocycles. The first-order valence-corrected chi connectivity index (χ1v) is 16.4. The van der Waals surface area contributed by atoms with Crippen LogP contribution < -0.4 is 25.8 Å². The van der Waals surface area contributed by atoms with Gasteiger partial charge >= 0.3 is 0 Å². The Bertz CT molecular complexity index is 1340. The molecule has 2 aromatic heterocycles. The van der Waals surface area contributed by atoms with Gasteiger partial charge in [-0.05, 0) is 37.5 Å². The molecule has 3 heterocycles. The van der Waals surface area contributed by atoms with Crippen molar-refractivity contribution in [3.05, 3.63) is 41.8 Å². The SMILES string of the molecule is C1COCCN1.C[C@@H](CN=CN)Oc1cc(-c2cnc(Nc3cn(C4CCCCC4)nc3OCCCOCC(F)F)nc2)ccc1Cl. The largest absolute Gasteiger partial charge is 0.487 e. The van der Waals surface area contributed by atoms with Crippen LogP contribution in [-0.2, 0) is 9.47 Å². The van der Waals surface area contributed by atoms with Crippen molar-refractivity contribution in [3.8, 4) is 22.8 Å². The maximum atomic E-state index is 12.3. The molecule has 15 heteroatoms. The van der Waals surface area contributed by atoms with E-state index in [1.165, 1.54) is 12.8 Å². The normalized spacial score (nSPS) is 16.1. The highest BCUT2D eigenvalue weighted by atomic mass is 35.5. The van der Waals surface area contributed by atoms with Crippen LogP contribution in [0.4, 0.5) is 20.4 Å². The average Bonchev–Trinajstić information content (AvgIpc) is 3.50. The topological polar surface area (TPSA) is 143 Å². The molecule has 3 aromatic rings. The molecule has 0 spiro atoms. The number of halogens is 3. The molecule has 2 aliphatic rings. The molecule has 47 heavy (non-hydrogen) atoms. The molecule has 1 aromatic carbocycles. The molecule has 5 rings (SSSR count).